The minimum Gasteiger partial charge on any atom is -0.481 e. The molecule has 0 fully saturated rings. The van der Waals surface area contributed by atoms with Gasteiger partial charge in [-0.05, 0) is 36.4 Å². The Labute approximate surface area is 219 Å². The number of nitrogens with zero attached hydrogens (tertiary/aromatic N) is 5. The molecule has 0 bridgehead atoms. The number of thiophene rings is 1. The van der Waals surface area contributed by atoms with E-state index in [2.05, 4.69) is 35.2 Å². The number of aromatic amines is 1. The summed E-state index contributed by atoms with van der Waals surface area (Å²) < 4.78 is 15.9. The molecular formula is C25H21ClFN7O2S. The molecule has 0 aliphatic rings. The van der Waals surface area contributed by atoms with Crippen LogP contribution in [0.4, 0.5) is 15.9 Å². The predicted octanol–water partition coefficient (Wildman–Crippen LogP) is 6.35. The first kappa shape index (κ1) is 24.7. The fourth-order valence-corrected chi connectivity index (χ4v) is 4.82. The highest BCUT2D eigenvalue weighted by Crippen LogP contribution is 2.36. The van der Waals surface area contributed by atoms with Crippen LogP contribution in [0.2, 0.25) is 5.15 Å². The van der Waals surface area contributed by atoms with Gasteiger partial charge in [-0.15, -0.1) is 11.3 Å². The molecule has 188 valence electrons. The number of hydrogen-bond acceptors (Lipinski definition) is 8. The molecule has 0 amide bonds. The third-order valence-electron chi connectivity index (χ3n) is 5.89. The van der Waals surface area contributed by atoms with Gasteiger partial charge in [0.2, 0.25) is 0 Å². The van der Waals surface area contributed by atoms with Crippen molar-refractivity contribution in [3.05, 3.63) is 64.4 Å². The molecule has 3 N–H and O–H groups in total. The second-order valence-corrected chi connectivity index (χ2v) is 9.81. The highest BCUT2D eigenvalue weighted by molar-refractivity contribution is 7.13. The van der Waals surface area contributed by atoms with Gasteiger partial charge in [0.15, 0.2) is 23.1 Å². The summed E-state index contributed by atoms with van der Waals surface area (Å²) in [6, 6.07) is 5.40. The largest absolute Gasteiger partial charge is 0.481 e. The van der Waals surface area contributed by atoms with Crippen molar-refractivity contribution >= 4 is 51.6 Å². The molecule has 9 nitrogen and oxygen atoms in total. The number of rotatable bonds is 8. The molecule has 5 aromatic heterocycles. The monoisotopic (exact) mass is 537 g/mol. The van der Waals surface area contributed by atoms with E-state index in [0.29, 0.717) is 39.4 Å². The lowest BCUT2D eigenvalue weighted by Gasteiger charge is -2.19. The van der Waals surface area contributed by atoms with E-state index in [4.69, 9.17) is 16.7 Å². The number of hydrogen-bond donors (Lipinski definition) is 3. The number of anilines is 2. The molecule has 5 heterocycles. The molecule has 1 unspecified atom stereocenters. The zero-order valence-corrected chi connectivity index (χ0v) is 21.4. The lowest BCUT2D eigenvalue weighted by atomic mass is 9.98. The molecule has 0 spiro atoms. The highest BCUT2D eigenvalue weighted by atomic mass is 35.5. The number of carboxylic acid groups (broad SMARTS) is 1. The van der Waals surface area contributed by atoms with Gasteiger partial charge in [-0.1, -0.05) is 24.6 Å². The fraction of sp³-hybridized carbons (Fsp3) is 0.200. The summed E-state index contributed by atoms with van der Waals surface area (Å²) in [5.41, 5.74) is 3.62. The number of halogens is 2. The van der Waals surface area contributed by atoms with Gasteiger partial charge in [-0.3, -0.25) is 9.78 Å². The second kappa shape index (κ2) is 10.2. The van der Waals surface area contributed by atoms with E-state index in [1.54, 1.807) is 24.5 Å². The average molecular weight is 538 g/mol. The summed E-state index contributed by atoms with van der Waals surface area (Å²) in [5, 5.41) is 14.3. The van der Waals surface area contributed by atoms with Crippen molar-refractivity contribution in [3.8, 4) is 22.0 Å². The molecule has 37 heavy (non-hydrogen) atoms. The number of H-pyrrole nitrogens is 1. The minimum atomic E-state index is -0.886. The average Bonchev–Trinajstić information content (AvgIpc) is 3.55. The van der Waals surface area contributed by atoms with Crippen LogP contribution < -0.4 is 5.32 Å². The van der Waals surface area contributed by atoms with E-state index in [-0.39, 0.29) is 34.8 Å². The lowest BCUT2D eigenvalue weighted by molar-refractivity contribution is -0.137. The normalized spacial score (nSPS) is 12.1. The molecule has 0 aromatic carbocycles. The molecule has 1 atom stereocenters. The first-order valence-electron chi connectivity index (χ1n) is 11.4. The third kappa shape index (κ3) is 5.00. The maximum absolute atomic E-state index is 15.9. The zero-order chi connectivity index (χ0) is 26.1. The third-order valence-corrected chi connectivity index (χ3v) is 6.95. The van der Waals surface area contributed by atoms with Crippen molar-refractivity contribution in [2.45, 2.75) is 32.6 Å². The maximum Gasteiger partial charge on any atom is 0.303 e. The van der Waals surface area contributed by atoms with Crippen molar-refractivity contribution in [2.24, 2.45) is 0 Å². The number of aliphatic carboxylic acids is 1. The predicted molar refractivity (Wildman–Crippen MR) is 141 cm³/mol. The Balaban J connectivity index is 1.65. The molecule has 12 heteroatoms. The van der Waals surface area contributed by atoms with Crippen LogP contribution in [0.5, 0.6) is 0 Å². The first-order valence-corrected chi connectivity index (χ1v) is 12.6. The molecule has 5 rings (SSSR count). The van der Waals surface area contributed by atoms with E-state index in [1.165, 1.54) is 17.5 Å². The van der Waals surface area contributed by atoms with Crippen molar-refractivity contribution in [3.63, 3.8) is 0 Å². The van der Waals surface area contributed by atoms with Crippen LogP contribution in [-0.2, 0) is 4.79 Å². The van der Waals surface area contributed by atoms with Gasteiger partial charge < -0.3 is 15.4 Å². The van der Waals surface area contributed by atoms with Crippen LogP contribution in [0.25, 0.3) is 33.1 Å². The number of aryl methyl sites for hydroxylation is 1. The number of carboxylic acids is 1. The SMILES string of the molecule is Cc1ccnc(C(C)CCC(=O)O)c1Nc1nc(-c2c[nH]c3ncc(Cl)nc23)nc(-c2cccs2)c1F. The van der Waals surface area contributed by atoms with Crippen LogP contribution in [0.3, 0.4) is 0 Å². The molecule has 5 aromatic rings. The second-order valence-electron chi connectivity index (χ2n) is 8.47. The molecule has 0 saturated heterocycles. The van der Waals surface area contributed by atoms with Gasteiger partial charge in [0.25, 0.3) is 0 Å². The Kier molecular flexibility index (Phi) is 6.81. The zero-order valence-electron chi connectivity index (χ0n) is 19.8. The molecule has 0 saturated carbocycles. The van der Waals surface area contributed by atoms with E-state index in [9.17, 15) is 4.79 Å². The van der Waals surface area contributed by atoms with Crippen molar-refractivity contribution in [1.82, 2.24) is 29.9 Å². The quantitative estimate of drug-likeness (QED) is 0.209. The maximum atomic E-state index is 15.9. The Morgan fingerprint density at radius 2 is 2.11 bits per heavy atom. The van der Waals surface area contributed by atoms with Crippen LogP contribution in [-0.4, -0.2) is 41.0 Å². The van der Waals surface area contributed by atoms with Gasteiger partial charge in [0.05, 0.1) is 28.0 Å². The summed E-state index contributed by atoms with van der Waals surface area (Å²) in [6.45, 7) is 3.76. The minimum absolute atomic E-state index is 0.00503. The van der Waals surface area contributed by atoms with Crippen LogP contribution in [0.1, 0.15) is 36.9 Å². The van der Waals surface area contributed by atoms with Crippen LogP contribution >= 0.6 is 22.9 Å². The summed E-state index contributed by atoms with van der Waals surface area (Å²) in [6.07, 6.45) is 5.12. The molecule has 0 aliphatic heterocycles. The van der Waals surface area contributed by atoms with Crippen LogP contribution in [0.15, 0.2) is 42.2 Å². The Morgan fingerprint density at radius 3 is 2.86 bits per heavy atom. The highest BCUT2D eigenvalue weighted by Gasteiger charge is 2.23. The van der Waals surface area contributed by atoms with Crippen molar-refractivity contribution in [2.75, 3.05) is 5.32 Å². The lowest BCUT2D eigenvalue weighted by Crippen LogP contribution is -2.10. The smallest absolute Gasteiger partial charge is 0.303 e. The van der Waals surface area contributed by atoms with Crippen molar-refractivity contribution < 1.29 is 14.3 Å². The van der Waals surface area contributed by atoms with Gasteiger partial charge in [-0.2, -0.15) is 0 Å². The Bertz CT molecular complexity index is 1610. The first-order chi connectivity index (χ1) is 17.8. The van der Waals surface area contributed by atoms with Gasteiger partial charge in [0.1, 0.15) is 16.4 Å². The fourth-order valence-electron chi connectivity index (χ4n) is 3.98. The van der Waals surface area contributed by atoms with Crippen molar-refractivity contribution in [1.29, 1.82) is 0 Å². The van der Waals surface area contributed by atoms with E-state index >= 15 is 4.39 Å². The summed E-state index contributed by atoms with van der Waals surface area (Å²) in [4.78, 5) is 36.9. The Hall–Kier alpha value is -3.96. The standard InChI is InChI=1S/C25H21ClFN7O2S/c1-12(5-6-17(35)36)19-20(13(2)7-8-28-19)32-24-18(27)22(15-4-3-9-37-15)33-23(34-24)14-10-29-25-21(14)31-16(26)11-30-25/h3-4,7-12H,5-6H2,1-2H3,(H,29,30)(H,35,36)(H,32,33,34). The Morgan fingerprint density at radius 1 is 1.27 bits per heavy atom. The summed E-state index contributed by atoms with van der Waals surface area (Å²) >= 11 is 7.43. The van der Waals surface area contributed by atoms with Gasteiger partial charge in [-0.25, -0.2) is 24.3 Å². The molecule has 0 radical (unpaired) electrons. The number of nitrogens with one attached hydrogen (secondary N) is 2. The number of carbonyl (C=O) groups is 1. The summed E-state index contributed by atoms with van der Waals surface area (Å²) in [7, 11) is 0. The molecule has 0 aliphatic carbocycles. The van der Waals surface area contributed by atoms with Gasteiger partial charge >= 0.3 is 5.97 Å². The van der Waals surface area contributed by atoms with E-state index in [1.807, 2.05) is 25.3 Å². The van der Waals surface area contributed by atoms with E-state index in [0.717, 1.165) is 5.56 Å². The van der Waals surface area contributed by atoms with Gasteiger partial charge in [0, 0.05) is 24.7 Å². The number of pyridine rings is 1. The van der Waals surface area contributed by atoms with Crippen LogP contribution in [0, 0.1) is 12.7 Å². The summed E-state index contributed by atoms with van der Waals surface area (Å²) in [5.74, 6) is -1.51. The number of fused-ring (bicyclic) bond motifs is 1. The number of aromatic nitrogens is 6. The topological polar surface area (TPSA) is 130 Å². The molecular weight excluding hydrogens is 517 g/mol. The van der Waals surface area contributed by atoms with E-state index < -0.39 is 11.8 Å².